The summed E-state index contributed by atoms with van der Waals surface area (Å²) < 4.78 is 10.6. The first-order valence-corrected chi connectivity index (χ1v) is 7.97. The van der Waals surface area contributed by atoms with Gasteiger partial charge in [0, 0.05) is 12.1 Å². The monoisotopic (exact) mass is 345 g/mol. The van der Waals surface area contributed by atoms with Crippen molar-refractivity contribution in [2.45, 2.75) is 38.7 Å². The maximum Gasteiger partial charge on any atom is 0.407 e. The molecule has 1 aliphatic carbocycles. The largest absolute Gasteiger partial charge is 0.496 e. The molecule has 0 aromatic heterocycles. The lowest BCUT2D eigenvalue weighted by Crippen LogP contribution is -2.33. The number of hydrogen-bond donors (Lipinski definition) is 1. The van der Waals surface area contributed by atoms with E-state index in [4.69, 9.17) is 32.7 Å². The standard InChI is InChI=1S/C16H21Cl2NO3/c1-16(2,3)22-15(20)19-8-9-7-10(9)13-12(21-4)6-5-11(17)14(13)18/h5-6,9-10H,7-8H2,1-4H3,(H,19,20). The van der Waals surface area contributed by atoms with Crippen LogP contribution in [0.4, 0.5) is 4.79 Å². The van der Waals surface area contributed by atoms with Gasteiger partial charge < -0.3 is 14.8 Å². The van der Waals surface area contributed by atoms with Crippen molar-refractivity contribution in [2.75, 3.05) is 13.7 Å². The average molecular weight is 346 g/mol. The van der Waals surface area contributed by atoms with Crippen LogP contribution in [0.3, 0.4) is 0 Å². The minimum Gasteiger partial charge on any atom is -0.496 e. The van der Waals surface area contributed by atoms with Crippen molar-refractivity contribution in [1.82, 2.24) is 5.32 Å². The quantitative estimate of drug-likeness (QED) is 0.865. The highest BCUT2D eigenvalue weighted by Crippen LogP contribution is 2.53. The van der Waals surface area contributed by atoms with Crippen molar-refractivity contribution in [3.63, 3.8) is 0 Å². The van der Waals surface area contributed by atoms with Gasteiger partial charge in [-0.25, -0.2) is 4.79 Å². The number of alkyl carbamates (subject to hydrolysis) is 1. The molecule has 0 aliphatic heterocycles. The van der Waals surface area contributed by atoms with Crippen LogP contribution in [-0.2, 0) is 4.74 Å². The summed E-state index contributed by atoms with van der Waals surface area (Å²) in [7, 11) is 1.61. The van der Waals surface area contributed by atoms with Crippen molar-refractivity contribution in [3.8, 4) is 5.75 Å². The highest BCUT2D eigenvalue weighted by Gasteiger charge is 2.42. The topological polar surface area (TPSA) is 47.6 Å². The lowest BCUT2D eigenvalue weighted by atomic mass is 10.1. The van der Waals surface area contributed by atoms with Gasteiger partial charge in [0.25, 0.3) is 0 Å². The summed E-state index contributed by atoms with van der Waals surface area (Å²) in [5.74, 6) is 1.30. The number of methoxy groups -OCH3 is 1. The summed E-state index contributed by atoms with van der Waals surface area (Å²) in [4.78, 5) is 11.7. The Balaban J connectivity index is 1.96. The molecule has 1 saturated carbocycles. The summed E-state index contributed by atoms with van der Waals surface area (Å²) in [6.45, 7) is 6.06. The maximum atomic E-state index is 11.7. The summed E-state index contributed by atoms with van der Waals surface area (Å²) in [6, 6.07) is 3.54. The van der Waals surface area contributed by atoms with Crippen molar-refractivity contribution in [3.05, 3.63) is 27.7 Å². The number of benzene rings is 1. The number of nitrogens with one attached hydrogen (secondary N) is 1. The van der Waals surface area contributed by atoms with E-state index in [9.17, 15) is 4.79 Å². The molecule has 0 bridgehead atoms. The molecule has 0 spiro atoms. The van der Waals surface area contributed by atoms with Gasteiger partial charge in [-0.1, -0.05) is 23.2 Å². The van der Waals surface area contributed by atoms with Crippen molar-refractivity contribution < 1.29 is 14.3 Å². The van der Waals surface area contributed by atoms with E-state index < -0.39 is 11.7 Å². The van der Waals surface area contributed by atoms with Gasteiger partial charge in [-0.3, -0.25) is 0 Å². The number of rotatable bonds is 4. The molecule has 1 fully saturated rings. The van der Waals surface area contributed by atoms with Gasteiger partial charge in [-0.05, 0) is 51.2 Å². The molecule has 122 valence electrons. The van der Waals surface area contributed by atoms with E-state index in [0.29, 0.717) is 22.5 Å². The molecule has 2 rings (SSSR count). The fourth-order valence-corrected chi connectivity index (χ4v) is 2.89. The fraction of sp³-hybridized carbons (Fsp3) is 0.562. The molecule has 22 heavy (non-hydrogen) atoms. The minimum atomic E-state index is -0.494. The van der Waals surface area contributed by atoms with Gasteiger partial charge >= 0.3 is 6.09 Å². The van der Waals surface area contributed by atoms with Crippen LogP contribution in [0.1, 0.15) is 38.7 Å². The molecule has 1 aromatic carbocycles. The molecular weight excluding hydrogens is 325 g/mol. The third-order valence-corrected chi connectivity index (χ3v) is 4.33. The Hall–Kier alpha value is -1.13. The Bertz CT molecular complexity index is 569. The zero-order chi connectivity index (χ0) is 16.5. The van der Waals surface area contributed by atoms with Crippen LogP contribution >= 0.6 is 23.2 Å². The molecule has 2 unspecified atom stereocenters. The first kappa shape index (κ1) is 17.2. The second-order valence-electron chi connectivity index (χ2n) is 6.46. The molecule has 1 N–H and O–H groups in total. The molecule has 2 atom stereocenters. The van der Waals surface area contributed by atoms with E-state index in [-0.39, 0.29) is 5.92 Å². The molecule has 0 radical (unpaired) electrons. The normalized spacial score (nSPS) is 20.5. The first-order chi connectivity index (χ1) is 10.2. The van der Waals surface area contributed by atoms with Crippen LogP contribution in [0.15, 0.2) is 12.1 Å². The smallest absolute Gasteiger partial charge is 0.407 e. The zero-order valence-corrected chi connectivity index (χ0v) is 14.7. The molecule has 1 aromatic rings. The van der Waals surface area contributed by atoms with Crippen molar-refractivity contribution in [2.24, 2.45) is 5.92 Å². The van der Waals surface area contributed by atoms with Gasteiger partial charge in [-0.2, -0.15) is 0 Å². The Morgan fingerprint density at radius 2 is 2.05 bits per heavy atom. The Labute approximate surface area is 141 Å². The lowest BCUT2D eigenvalue weighted by molar-refractivity contribution is 0.0525. The first-order valence-electron chi connectivity index (χ1n) is 7.21. The van der Waals surface area contributed by atoms with Crippen LogP contribution in [0, 0.1) is 5.92 Å². The number of halogens is 2. The molecule has 1 amide bonds. The number of carbonyl (C=O) groups is 1. The van der Waals surface area contributed by atoms with Crippen LogP contribution in [-0.4, -0.2) is 25.3 Å². The fourth-order valence-electron chi connectivity index (χ4n) is 2.43. The predicted octanol–water partition coefficient (Wildman–Crippen LogP) is 4.63. The summed E-state index contributed by atoms with van der Waals surface area (Å²) in [6.07, 6.45) is 0.536. The highest BCUT2D eigenvalue weighted by molar-refractivity contribution is 6.42. The molecular formula is C16H21Cl2NO3. The predicted molar refractivity (Wildman–Crippen MR) is 88.1 cm³/mol. The van der Waals surface area contributed by atoms with Gasteiger partial charge in [0.2, 0.25) is 0 Å². The molecule has 1 aliphatic rings. The zero-order valence-electron chi connectivity index (χ0n) is 13.2. The summed E-state index contributed by atoms with van der Waals surface area (Å²) in [5, 5.41) is 3.84. The minimum absolute atomic E-state index is 0.246. The van der Waals surface area contributed by atoms with E-state index in [2.05, 4.69) is 5.32 Å². The van der Waals surface area contributed by atoms with Gasteiger partial charge in [0.05, 0.1) is 17.2 Å². The molecule has 6 heteroatoms. The summed E-state index contributed by atoms with van der Waals surface area (Å²) >= 11 is 12.4. The molecule has 0 heterocycles. The average Bonchev–Trinajstić information content (AvgIpc) is 3.16. The van der Waals surface area contributed by atoms with E-state index in [1.54, 1.807) is 13.2 Å². The second kappa shape index (κ2) is 6.55. The van der Waals surface area contributed by atoms with Gasteiger partial charge in [0.15, 0.2) is 0 Å². The number of ether oxygens (including phenoxy) is 2. The third kappa shape index (κ3) is 4.20. The second-order valence-corrected chi connectivity index (χ2v) is 7.25. The van der Waals surface area contributed by atoms with Crippen LogP contribution in [0.25, 0.3) is 0 Å². The molecule has 0 saturated heterocycles. The highest BCUT2D eigenvalue weighted by atomic mass is 35.5. The van der Waals surface area contributed by atoms with E-state index in [1.807, 2.05) is 26.8 Å². The van der Waals surface area contributed by atoms with Crippen molar-refractivity contribution >= 4 is 29.3 Å². The summed E-state index contributed by atoms with van der Waals surface area (Å²) in [5.41, 5.74) is 0.430. The molecule has 4 nitrogen and oxygen atoms in total. The lowest BCUT2D eigenvalue weighted by Gasteiger charge is -2.19. The number of hydrogen-bond acceptors (Lipinski definition) is 3. The van der Waals surface area contributed by atoms with Crippen LogP contribution < -0.4 is 10.1 Å². The van der Waals surface area contributed by atoms with Crippen LogP contribution in [0.2, 0.25) is 10.0 Å². The number of carbonyl (C=O) groups excluding carboxylic acids is 1. The number of amides is 1. The SMILES string of the molecule is COc1ccc(Cl)c(Cl)c1C1CC1CNC(=O)OC(C)(C)C. The van der Waals surface area contributed by atoms with Gasteiger partial charge in [0.1, 0.15) is 11.4 Å². The van der Waals surface area contributed by atoms with Gasteiger partial charge in [-0.15, -0.1) is 0 Å². The van der Waals surface area contributed by atoms with Crippen molar-refractivity contribution in [1.29, 1.82) is 0 Å². The van der Waals surface area contributed by atoms with E-state index in [1.165, 1.54) is 0 Å². The van der Waals surface area contributed by atoms with E-state index in [0.717, 1.165) is 17.7 Å². The third-order valence-electron chi connectivity index (χ3n) is 3.51. The Morgan fingerprint density at radius 1 is 1.36 bits per heavy atom. The van der Waals surface area contributed by atoms with Crippen LogP contribution in [0.5, 0.6) is 5.75 Å². The Morgan fingerprint density at radius 3 is 2.64 bits per heavy atom. The van der Waals surface area contributed by atoms with E-state index >= 15 is 0 Å². The maximum absolute atomic E-state index is 11.7. The Kier molecular flexibility index (Phi) is 5.13.